The number of aryl methyl sites for hydroxylation is 1. The van der Waals surface area contributed by atoms with E-state index in [2.05, 4.69) is 39.0 Å². The number of hydrogen-bond donors (Lipinski definition) is 0. The van der Waals surface area contributed by atoms with Gasteiger partial charge in [0.05, 0.1) is 0 Å². The van der Waals surface area contributed by atoms with Gasteiger partial charge in [-0.25, -0.2) is 0 Å². The summed E-state index contributed by atoms with van der Waals surface area (Å²) in [4.78, 5) is 11.8. The lowest BCUT2D eigenvalue weighted by molar-refractivity contribution is -0.121. The minimum absolute atomic E-state index is 0.129. The molecule has 0 unspecified atom stereocenters. The number of carbonyl (C=O) groups is 1. The largest absolute Gasteiger partial charge is 0.299 e. The van der Waals surface area contributed by atoms with Gasteiger partial charge in [-0.15, -0.1) is 0 Å². The zero-order chi connectivity index (χ0) is 13.0. The van der Waals surface area contributed by atoms with Crippen LogP contribution in [0.25, 0.3) is 0 Å². The van der Waals surface area contributed by atoms with Crippen LogP contribution in [0, 0.1) is 18.8 Å². The SMILES string of the molecule is Cc1cc(CC(=O)C(C)C)cc(CC(C)C)c1. The van der Waals surface area contributed by atoms with Gasteiger partial charge in [-0.3, -0.25) is 4.79 Å². The molecule has 94 valence electrons. The van der Waals surface area contributed by atoms with Crippen molar-refractivity contribution in [2.24, 2.45) is 11.8 Å². The van der Waals surface area contributed by atoms with Crippen molar-refractivity contribution in [1.29, 1.82) is 0 Å². The van der Waals surface area contributed by atoms with E-state index >= 15 is 0 Å². The van der Waals surface area contributed by atoms with Gasteiger partial charge in [0.15, 0.2) is 0 Å². The van der Waals surface area contributed by atoms with Gasteiger partial charge in [0.25, 0.3) is 0 Å². The number of hydrogen-bond acceptors (Lipinski definition) is 1. The fourth-order valence-corrected chi connectivity index (χ4v) is 2.04. The molecule has 1 aromatic rings. The van der Waals surface area contributed by atoms with Gasteiger partial charge in [-0.1, -0.05) is 51.5 Å². The Kier molecular flexibility index (Phi) is 4.92. The van der Waals surface area contributed by atoms with E-state index in [0.29, 0.717) is 18.1 Å². The molecule has 17 heavy (non-hydrogen) atoms. The van der Waals surface area contributed by atoms with Crippen LogP contribution in [0.15, 0.2) is 18.2 Å². The summed E-state index contributed by atoms with van der Waals surface area (Å²) in [6.07, 6.45) is 1.66. The van der Waals surface area contributed by atoms with E-state index in [0.717, 1.165) is 6.42 Å². The molecule has 0 radical (unpaired) electrons. The van der Waals surface area contributed by atoms with Gasteiger partial charge >= 0.3 is 0 Å². The first-order valence-electron chi connectivity index (χ1n) is 6.50. The van der Waals surface area contributed by atoms with Crippen LogP contribution in [0.2, 0.25) is 0 Å². The molecule has 0 aliphatic carbocycles. The van der Waals surface area contributed by atoms with Crippen molar-refractivity contribution in [3.05, 3.63) is 34.9 Å². The maximum absolute atomic E-state index is 11.8. The first kappa shape index (κ1) is 14.0. The zero-order valence-electron chi connectivity index (χ0n) is 11.7. The predicted octanol–water partition coefficient (Wildman–Crippen LogP) is 3.96. The molecule has 0 atom stereocenters. The summed E-state index contributed by atoms with van der Waals surface area (Å²) in [6, 6.07) is 6.54. The summed E-state index contributed by atoms with van der Waals surface area (Å²) in [5.41, 5.74) is 3.78. The minimum atomic E-state index is 0.129. The van der Waals surface area contributed by atoms with Gasteiger partial charge in [0.2, 0.25) is 0 Å². The summed E-state index contributed by atoms with van der Waals surface area (Å²) in [7, 11) is 0. The monoisotopic (exact) mass is 232 g/mol. The third-order valence-corrected chi connectivity index (χ3v) is 2.86. The van der Waals surface area contributed by atoms with Crippen molar-refractivity contribution in [3.63, 3.8) is 0 Å². The third-order valence-electron chi connectivity index (χ3n) is 2.86. The lowest BCUT2D eigenvalue weighted by atomic mass is 9.95. The van der Waals surface area contributed by atoms with Crippen LogP contribution in [-0.2, 0) is 17.6 Å². The minimum Gasteiger partial charge on any atom is -0.299 e. The Bertz CT molecular complexity index is 389. The molecule has 0 N–H and O–H groups in total. The zero-order valence-corrected chi connectivity index (χ0v) is 11.7. The molecule has 0 heterocycles. The van der Waals surface area contributed by atoms with Gasteiger partial charge in [0, 0.05) is 12.3 Å². The second kappa shape index (κ2) is 6.00. The van der Waals surface area contributed by atoms with Gasteiger partial charge < -0.3 is 0 Å². The van der Waals surface area contributed by atoms with Crippen LogP contribution >= 0.6 is 0 Å². The van der Waals surface area contributed by atoms with Crippen LogP contribution in [0.5, 0.6) is 0 Å². The topological polar surface area (TPSA) is 17.1 Å². The van der Waals surface area contributed by atoms with Crippen molar-refractivity contribution < 1.29 is 4.79 Å². The molecule has 1 heteroatoms. The van der Waals surface area contributed by atoms with Gasteiger partial charge in [-0.05, 0) is 30.4 Å². The van der Waals surface area contributed by atoms with Crippen molar-refractivity contribution in [2.45, 2.75) is 47.5 Å². The number of benzene rings is 1. The van der Waals surface area contributed by atoms with Crippen LogP contribution < -0.4 is 0 Å². The lowest BCUT2D eigenvalue weighted by Crippen LogP contribution is -2.10. The first-order chi connectivity index (χ1) is 7.88. The van der Waals surface area contributed by atoms with Gasteiger partial charge in [-0.2, -0.15) is 0 Å². The molecular formula is C16H24O. The Morgan fingerprint density at radius 2 is 1.65 bits per heavy atom. The van der Waals surface area contributed by atoms with Crippen LogP contribution in [0.4, 0.5) is 0 Å². The second-order valence-corrected chi connectivity index (χ2v) is 5.72. The Labute approximate surface area is 105 Å². The maximum atomic E-state index is 11.8. The molecule has 1 aromatic carbocycles. The fourth-order valence-electron chi connectivity index (χ4n) is 2.04. The molecule has 0 saturated heterocycles. The highest BCUT2D eigenvalue weighted by Gasteiger charge is 2.09. The van der Waals surface area contributed by atoms with Gasteiger partial charge in [0.1, 0.15) is 5.78 Å². The average Bonchev–Trinajstić information content (AvgIpc) is 2.14. The molecule has 1 nitrogen and oxygen atoms in total. The molecule has 0 aliphatic heterocycles. The number of rotatable bonds is 5. The summed E-state index contributed by atoms with van der Waals surface area (Å²) < 4.78 is 0. The molecule has 0 bridgehead atoms. The summed E-state index contributed by atoms with van der Waals surface area (Å²) >= 11 is 0. The lowest BCUT2D eigenvalue weighted by Gasteiger charge is -2.10. The summed E-state index contributed by atoms with van der Waals surface area (Å²) in [5, 5.41) is 0. The van der Waals surface area contributed by atoms with E-state index in [4.69, 9.17) is 0 Å². The average molecular weight is 232 g/mol. The molecule has 1 rings (SSSR count). The van der Waals surface area contributed by atoms with Crippen molar-refractivity contribution in [1.82, 2.24) is 0 Å². The smallest absolute Gasteiger partial charge is 0.139 e. The predicted molar refractivity (Wildman–Crippen MR) is 73.3 cm³/mol. The molecule has 0 saturated carbocycles. The van der Waals surface area contributed by atoms with Crippen LogP contribution in [-0.4, -0.2) is 5.78 Å². The molecular weight excluding hydrogens is 208 g/mol. The highest BCUT2D eigenvalue weighted by atomic mass is 16.1. The highest BCUT2D eigenvalue weighted by Crippen LogP contribution is 2.15. The normalized spacial score (nSPS) is 11.2. The number of carbonyl (C=O) groups excluding carboxylic acids is 1. The van der Waals surface area contributed by atoms with Crippen molar-refractivity contribution in [2.75, 3.05) is 0 Å². The van der Waals surface area contributed by atoms with Crippen molar-refractivity contribution >= 4 is 5.78 Å². The molecule has 0 amide bonds. The Balaban J connectivity index is 2.85. The van der Waals surface area contributed by atoms with E-state index in [9.17, 15) is 4.79 Å². The molecule has 0 spiro atoms. The summed E-state index contributed by atoms with van der Waals surface area (Å²) in [5.74, 6) is 1.11. The molecule has 0 fully saturated rings. The number of ketones is 1. The maximum Gasteiger partial charge on any atom is 0.139 e. The first-order valence-corrected chi connectivity index (χ1v) is 6.50. The highest BCUT2D eigenvalue weighted by molar-refractivity contribution is 5.82. The van der Waals surface area contributed by atoms with E-state index in [1.807, 2.05) is 13.8 Å². The Morgan fingerprint density at radius 3 is 2.18 bits per heavy atom. The molecule has 0 aliphatic rings. The van der Waals surface area contributed by atoms with Crippen LogP contribution in [0.1, 0.15) is 44.4 Å². The third kappa shape index (κ3) is 4.72. The van der Waals surface area contributed by atoms with E-state index < -0.39 is 0 Å². The van der Waals surface area contributed by atoms with E-state index in [1.165, 1.54) is 16.7 Å². The Morgan fingerprint density at radius 1 is 1.06 bits per heavy atom. The quantitative estimate of drug-likeness (QED) is 0.751. The van der Waals surface area contributed by atoms with Crippen molar-refractivity contribution in [3.8, 4) is 0 Å². The fraction of sp³-hybridized carbons (Fsp3) is 0.562. The van der Waals surface area contributed by atoms with E-state index in [-0.39, 0.29) is 5.92 Å². The second-order valence-electron chi connectivity index (χ2n) is 5.72. The standard InChI is InChI=1S/C16H24O/c1-11(2)6-14-7-13(5)8-15(9-14)10-16(17)12(3)4/h7-9,11-12H,6,10H2,1-5H3. The van der Waals surface area contributed by atoms with E-state index in [1.54, 1.807) is 0 Å². The Hall–Kier alpha value is -1.11. The van der Waals surface area contributed by atoms with Crippen LogP contribution in [0.3, 0.4) is 0 Å². The molecule has 0 aromatic heterocycles. The number of Topliss-reactive ketones (excluding diaryl/α,β-unsaturated/α-hetero) is 1. The summed E-state index contributed by atoms with van der Waals surface area (Å²) in [6.45, 7) is 10.5.